The molecule has 6 heteroatoms. The van der Waals surface area contributed by atoms with Crippen LogP contribution in [0.5, 0.6) is 0 Å². The number of hydrogen-bond acceptors (Lipinski definition) is 6. The van der Waals surface area contributed by atoms with E-state index in [4.69, 9.17) is 15.2 Å². The molecule has 0 atom stereocenters. The summed E-state index contributed by atoms with van der Waals surface area (Å²) in [6, 6.07) is 0. The number of rotatable bonds is 41. The van der Waals surface area contributed by atoms with Gasteiger partial charge in [0.25, 0.3) is 0 Å². The van der Waals surface area contributed by atoms with Crippen LogP contribution in [0.15, 0.2) is 0 Å². The molecule has 0 heterocycles. The van der Waals surface area contributed by atoms with E-state index in [0.717, 1.165) is 77.4 Å². The van der Waals surface area contributed by atoms with Gasteiger partial charge in [-0.05, 0) is 70.4 Å². The summed E-state index contributed by atoms with van der Waals surface area (Å²) in [6.45, 7) is 11.7. The molecule has 0 bridgehead atoms. The summed E-state index contributed by atoms with van der Waals surface area (Å²) in [5.74, 6) is 0.510. The lowest BCUT2D eigenvalue weighted by molar-refractivity contribution is -0.145. The van der Waals surface area contributed by atoms with Gasteiger partial charge in [0, 0.05) is 25.9 Å². The molecule has 0 aromatic rings. The summed E-state index contributed by atoms with van der Waals surface area (Å²) >= 11 is 0. The second-order valence-electron chi connectivity index (χ2n) is 15.3. The topological polar surface area (TPSA) is 81.9 Å². The predicted octanol–water partition coefficient (Wildman–Crippen LogP) is 12.5. The molecule has 6 nitrogen and oxygen atoms in total. The van der Waals surface area contributed by atoms with Crippen LogP contribution in [0.1, 0.15) is 226 Å². The first-order valence-electron chi connectivity index (χ1n) is 22.3. The zero-order valence-electron chi connectivity index (χ0n) is 34.1. The third-order valence-corrected chi connectivity index (χ3v) is 10.3. The van der Waals surface area contributed by atoms with Crippen molar-refractivity contribution in [3.05, 3.63) is 0 Å². The zero-order valence-corrected chi connectivity index (χ0v) is 34.1. The fraction of sp³-hybridized carbons (Fsp3) is 0.955. The summed E-state index contributed by atoms with van der Waals surface area (Å²) in [5.41, 5.74) is 5.89. The summed E-state index contributed by atoms with van der Waals surface area (Å²) in [7, 11) is 0. The highest BCUT2D eigenvalue weighted by atomic mass is 16.5. The molecule has 0 aliphatic carbocycles. The molecule has 0 rings (SSSR count). The van der Waals surface area contributed by atoms with Crippen LogP contribution in [0.3, 0.4) is 0 Å². The molecule has 0 unspecified atom stereocenters. The van der Waals surface area contributed by atoms with Gasteiger partial charge in [-0.15, -0.1) is 0 Å². The van der Waals surface area contributed by atoms with Gasteiger partial charge in [-0.3, -0.25) is 9.59 Å². The fourth-order valence-corrected chi connectivity index (χ4v) is 6.95. The molecule has 0 aliphatic rings. The van der Waals surface area contributed by atoms with E-state index < -0.39 is 0 Å². The first kappa shape index (κ1) is 48.9. The molecule has 2 N–H and O–H groups in total. The van der Waals surface area contributed by atoms with E-state index in [1.165, 1.54) is 135 Å². The highest BCUT2D eigenvalue weighted by molar-refractivity contribution is 5.69. The number of nitrogens with zero attached hydrogens (tertiary/aromatic N) is 1. The molecule has 0 aliphatic heterocycles. The Balaban J connectivity index is 3.95. The highest BCUT2D eigenvalue weighted by Gasteiger charge is 2.13. The molecule has 0 saturated heterocycles. The maximum atomic E-state index is 12.5. The van der Waals surface area contributed by atoms with E-state index >= 15 is 0 Å². The van der Waals surface area contributed by atoms with Crippen molar-refractivity contribution in [1.82, 2.24) is 4.90 Å². The molecule has 0 saturated carbocycles. The zero-order chi connectivity index (χ0) is 36.6. The Bertz CT molecular complexity index is 688. The Hall–Kier alpha value is -1.14. The molecule has 0 aromatic carbocycles. The van der Waals surface area contributed by atoms with Crippen molar-refractivity contribution >= 4 is 11.9 Å². The monoisotopic (exact) mass is 709 g/mol. The first-order valence-corrected chi connectivity index (χ1v) is 22.3. The van der Waals surface area contributed by atoms with Gasteiger partial charge >= 0.3 is 11.9 Å². The summed E-state index contributed by atoms with van der Waals surface area (Å²) in [6.07, 6.45) is 38.2. The van der Waals surface area contributed by atoms with E-state index in [0.29, 0.717) is 38.5 Å². The van der Waals surface area contributed by atoms with Crippen LogP contribution >= 0.6 is 0 Å². The van der Waals surface area contributed by atoms with Crippen molar-refractivity contribution in [2.75, 3.05) is 39.4 Å². The Kier molecular flexibility index (Phi) is 39.7. The second-order valence-corrected chi connectivity index (χ2v) is 15.3. The highest BCUT2D eigenvalue weighted by Crippen LogP contribution is 2.20. The predicted molar refractivity (Wildman–Crippen MR) is 216 cm³/mol. The van der Waals surface area contributed by atoms with Crippen molar-refractivity contribution < 1.29 is 19.1 Å². The van der Waals surface area contributed by atoms with Gasteiger partial charge in [-0.2, -0.15) is 0 Å². The third-order valence-electron chi connectivity index (χ3n) is 10.3. The molecule has 0 fully saturated rings. The lowest BCUT2D eigenvalue weighted by Gasteiger charge is -2.21. The summed E-state index contributed by atoms with van der Waals surface area (Å²) in [4.78, 5) is 27.0. The number of nitrogens with two attached hydrogens (primary N) is 1. The molecule has 0 aromatic heterocycles. The minimum absolute atomic E-state index is 0.000160. The van der Waals surface area contributed by atoms with Gasteiger partial charge in [-0.1, -0.05) is 162 Å². The van der Waals surface area contributed by atoms with Crippen molar-refractivity contribution in [2.24, 2.45) is 11.7 Å². The fourth-order valence-electron chi connectivity index (χ4n) is 6.95. The van der Waals surface area contributed by atoms with Crippen LogP contribution in [0.2, 0.25) is 0 Å². The molecule has 50 heavy (non-hydrogen) atoms. The quantitative estimate of drug-likeness (QED) is 0.0503. The molecule has 298 valence electrons. The second kappa shape index (κ2) is 40.6. The third kappa shape index (κ3) is 36.6. The average molecular weight is 709 g/mol. The van der Waals surface area contributed by atoms with Crippen molar-refractivity contribution in [3.63, 3.8) is 0 Å². The normalized spacial score (nSPS) is 11.6. The van der Waals surface area contributed by atoms with Gasteiger partial charge in [0.1, 0.15) is 0 Å². The Morgan fingerprint density at radius 3 is 1.30 bits per heavy atom. The van der Waals surface area contributed by atoms with Crippen LogP contribution in [0.4, 0.5) is 0 Å². The van der Waals surface area contributed by atoms with Gasteiger partial charge in [0.2, 0.25) is 0 Å². The van der Waals surface area contributed by atoms with Crippen LogP contribution in [0.25, 0.3) is 0 Å². The molecular weight excluding hydrogens is 620 g/mol. The SMILES string of the molecule is CCCCCCCCCCCC(=O)OCCCCCN(CCN)CCCCCCC(=O)OCC(CCCCCCCC)CCCCCCCC. The van der Waals surface area contributed by atoms with Gasteiger partial charge in [0.05, 0.1) is 13.2 Å². The summed E-state index contributed by atoms with van der Waals surface area (Å²) < 4.78 is 11.3. The molecule has 0 radical (unpaired) electrons. The molecule has 0 amide bonds. The average Bonchev–Trinajstić information content (AvgIpc) is 3.11. The van der Waals surface area contributed by atoms with Crippen LogP contribution in [0, 0.1) is 5.92 Å². The minimum Gasteiger partial charge on any atom is -0.466 e. The maximum absolute atomic E-state index is 12.5. The van der Waals surface area contributed by atoms with Crippen molar-refractivity contribution in [3.8, 4) is 0 Å². The van der Waals surface area contributed by atoms with E-state index in [-0.39, 0.29) is 11.9 Å². The Labute approximate surface area is 312 Å². The largest absolute Gasteiger partial charge is 0.466 e. The number of unbranched alkanes of at least 4 members (excludes halogenated alkanes) is 23. The molecular formula is C44H88N2O4. The van der Waals surface area contributed by atoms with Crippen LogP contribution < -0.4 is 5.73 Å². The smallest absolute Gasteiger partial charge is 0.305 e. The van der Waals surface area contributed by atoms with E-state index in [1.54, 1.807) is 0 Å². The number of ether oxygens (including phenoxy) is 2. The lowest BCUT2D eigenvalue weighted by Crippen LogP contribution is -2.31. The lowest BCUT2D eigenvalue weighted by atomic mass is 9.94. The Morgan fingerprint density at radius 2 is 0.840 bits per heavy atom. The van der Waals surface area contributed by atoms with Crippen molar-refractivity contribution in [2.45, 2.75) is 226 Å². The van der Waals surface area contributed by atoms with Gasteiger partial charge < -0.3 is 20.1 Å². The van der Waals surface area contributed by atoms with Gasteiger partial charge in [0.15, 0.2) is 0 Å². The maximum Gasteiger partial charge on any atom is 0.305 e. The number of hydrogen-bond donors (Lipinski definition) is 1. The molecule has 0 spiro atoms. The van der Waals surface area contributed by atoms with Crippen LogP contribution in [-0.2, 0) is 19.1 Å². The van der Waals surface area contributed by atoms with Crippen molar-refractivity contribution in [1.29, 1.82) is 0 Å². The minimum atomic E-state index is -0.0258. The number of esters is 2. The standard InChI is InChI=1S/C44H88N2O4/c1-4-7-10-13-16-17-18-21-27-34-43(47)49-40-31-24-30-38-46(39-36-45)37-29-23-22-28-35-44(48)50-41-42(32-25-19-14-11-8-5-2)33-26-20-15-12-9-6-3/h42H,4-41,45H2,1-3H3. The van der Waals surface area contributed by atoms with E-state index in [2.05, 4.69) is 25.7 Å². The number of carbonyl (C=O) groups is 2. The van der Waals surface area contributed by atoms with E-state index in [9.17, 15) is 9.59 Å². The van der Waals surface area contributed by atoms with Gasteiger partial charge in [-0.25, -0.2) is 0 Å². The first-order chi connectivity index (χ1) is 24.6. The number of carbonyl (C=O) groups excluding carboxylic acids is 2. The Morgan fingerprint density at radius 1 is 0.460 bits per heavy atom. The van der Waals surface area contributed by atoms with Crippen LogP contribution in [-0.4, -0.2) is 56.2 Å². The van der Waals surface area contributed by atoms with E-state index in [1.807, 2.05) is 0 Å². The summed E-state index contributed by atoms with van der Waals surface area (Å²) in [5, 5.41) is 0.